The van der Waals surface area contributed by atoms with Gasteiger partial charge in [-0.05, 0) is 12.3 Å². The Bertz CT molecular complexity index is 145. The van der Waals surface area contributed by atoms with Gasteiger partial charge in [0.15, 0.2) is 0 Å². The van der Waals surface area contributed by atoms with Crippen molar-refractivity contribution in [2.24, 2.45) is 5.92 Å². The van der Waals surface area contributed by atoms with Crippen molar-refractivity contribution < 1.29 is 9.53 Å². The molecule has 1 rings (SSSR count). The first kappa shape index (κ1) is 8.53. The summed E-state index contributed by atoms with van der Waals surface area (Å²) in [7, 11) is 0. The lowest BCUT2D eigenvalue weighted by atomic mass is 10.0. The van der Waals surface area contributed by atoms with E-state index in [0.717, 1.165) is 6.42 Å². The van der Waals surface area contributed by atoms with Gasteiger partial charge in [-0.3, -0.25) is 4.79 Å². The molecule has 0 aromatic carbocycles. The maximum atomic E-state index is 11.1. The number of carbonyl (C=O) groups is 1. The van der Waals surface area contributed by atoms with Gasteiger partial charge in [0.2, 0.25) is 5.91 Å². The molecule has 0 radical (unpaired) electrons. The average molecular weight is 157 g/mol. The molecule has 1 atom stereocenters. The molecule has 3 heteroatoms. The van der Waals surface area contributed by atoms with Crippen LogP contribution in [0.1, 0.15) is 20.3 Å². The second kappa shape index (κ2) is 3.72. The van der Waals surface area contributed by atoms with E-state index < -0.39 is 0 Å². The van der Waals surface area contributed by atoms with E-state index in [4.69, 9.17) is 4.74 Å². The van der Waals surface area contributed by atoms with Gasteiger partial charge in [0, 0.05) is 6.54 Å². The summed E-state index contributed by atoms with van der Waals surface area (Å²) in [5, 5.41) is 2.77. The fourth-order valence-corrected chi connectivity index (χ4v) is 1.17. The Kier molecular flexibility index (Phi) is 2.88. The Morgan fingerprint density at radius 3 is 3.00 bits per heavy atom. The molecule has 1 saturated heterocycles. The highest BCUT2D eigenvalue weighted by Crippen LogP contribution is 2.10. The van der Waals surface area contributed by atoms with Gasteiger partial charge in [0.05, 0.1) is 6.61 Å². The first-order valence-corrected chi connectivity index (χ1v) is 4.09. The summed E-state index contributed by atoms with van der Waals surface area (Å²) < 4.78 is 5.29. The quantitative estimate of drug-likeness (QED) is 0.635. The number of rotatable bonds is 2. The first-order valence-electron chi connectivity index (χ1n) is 4.09. The van der Waals surface area contributed by atoms with Gasteiger partial charge in [-0.2, -0.15) is 0 Å². The lowest BCUT2D eigenvalue weighted by Crippen LogP contribution is -2.44. The molecule has 64 valence electrons. The SMILES string of the molecule is CC(C)CC1OCCNC1=O. The van der Waals surface area contributed by atoms with Crippen LogP contribution in [-0.2, 0) is 9.53 Å². The molecule has 1 N–H and O–H groups in total. The zero-order valence-electron chi connectivity index (χ0n) is 7.09. The number of ether oxygens (including phenoxy) is 1. The summed E-state index contributed by atoms with van der Waals surface area (Å²) in [6.07, 6.45) is 0.620. The van der Waals surface area contributed by atoms with Crippen LogP contribution in [0.4, 0.5) is 0 Å². The van der Waals surface area contributed by atoms with Gasteiger partial charge < -0.3 is 10.1 Å². The third-order valence-electron chi connectivity index (χ3n) is 1.70. The monoisotopic (exact) mass is 157 g/mol. The molecule has 0 bridgehead atoms. The van der Waals surface area contributed by atoms with E-state index in [9.17, 15) is 4.79 Å². The van der Waals surface area contributed by atoms with E-state index in [1.807, 2.05) is 0 Å². The van der Waals surface area contributed by atoms with Crippen molar-refractivity contribution in [2.75, 3.05) is 13.2 Å². The minimum Gasteiger partial charge on any atom is -0.367 e. The van der Waals surface area contributed by atoms with E-state index in [0.29, 0.717) is 19.1 Å². The van der Waals surface area contributed by atoms with Gasteiger partial charge in [0.1, 0.15) is 6.10 Å². The second-order valence-electron chi connectivity index (χ2n) is 3.28. The van der Waals surface area contributed by atoms with Crippen LogP contribution in [0.3, 0.4) is 0 Å². The second-order valence-corrected chi connectivity index (χ2v) is 3.28. The van der Waals surface area contributed by atoms with Gasteiger partial charge in [-0.25, -0.2) is 0 Å². The summed E-state index contributed by atoms with van der Waals surface area (Å²) in [4.78, 5) is 11.1. The van der Waals surface area contributed by atoms with Crippen molar-refractivity contribution in [3.63, 3.8) is 0 Å². The molecule has 1 fully saturated rings. The number of hydrogen-bond donors (Lipinski definition) is 1. The van der Waals surface area contributed by atoms with Crippen molar-refractivity contribution in [1.82, 2.24) is 5.32 Å². The molecule has 0 aliphatic carbocycles. The van der Waals surface area contributed by atoms with Crippen molar-refractivity contribution in [2.45, 2.75) is 26.4 Å². The summed E-state index contributed by atoms with van der Waals surface area (Å²) in [5.74, 6) is 0.564. The fourth-order valence-electron chi connectivity index (χ4n) is 1.17. The van der Waals surface area contributed by atoms with Crippen LogP contribution in [-0.4, -0.2) is 25.2 Å². The summed E-state index contributed by atoms with van der Waals surface area (Å²) in [6, 6.07) is 0. The van der Waals surface area contributed by atoms with Crippen molar-refractivity contribution in [3.05, 3.63) is 0 Å². The van der Waals surface area contributed by atoms with Crippen LogP contribution in [0.5, 0.6) is 0 Å². The lowest BCUT2D eigenvalue weighted by Gasteiger charge is -2.23. The van der Waals surface area contributed by atoms with E-state index in [2.05, 4.69) is 19.2 Å². The maximum Gasteiger partial charge on any atom is 0.249 e. The molecule has 1 unspecified atom stereocenters. The molecule has 1 aliphatic rings. The highest BCUT2D eigenvalue weighted by Gasteiger charge is 2.22. The number of hydrogen-bond acceptors (Lipinski definition) is 2. The average Bonchev–Trinajstić information content (AvgIpc) is 1.93. The van der Waals surface area contributed by atoms with E-state index >= 15 is 0 Å². The number of amides is 1. The number of morpholine rings is 1. The van der Waals surface area contributed by atoms with Crippen LogP contribution in [0.15, 0.2) is 0 Å². The summed E-state index contributed by atoms with van der Waals surface area (Å²) in [6.45, 7) is 5.49. The number of carbonyl (C=O) groups excluding carboxylic acids is 1. The predicted molar refractivity (Wildman–Crippen MR) is 42.2 cm³/mol. The van der Waals surface area contributed by atoms with Gasteiger partial charge in [-0.1, -0.05) is 13.8 Å². The maximum absolute atomic E-state index is 11.1. The van der Waals surface area contributed by atoms with Gasteiger partial charge in [-0.15, -0.1) is 0 Å². The zero-order valence-corrected chi connectivity index (χ0v) is 7.09. The smallest absolute Gasteiger partial charge is 0.249 e. The molecular weight excluding hydrogens is 142 g/mol. The third-order valence-corrected chi connectivity index (χ3v) is 1.70. The molecule has 1 heterocycles. The van der Waals surface area contributed by atoms with Crippen molar-refractivity contribution in [1.29, 1.82) is 0 Å². The van der Waals surface area contributed by atoms with Gasteiger partial charge >= 0.3 is 0 Å². The standard InChI is InChI=1S/C8H15NO2/c1-6(2)5-7-8(10)9-3-4-11-7/h6-7H,3-5H2,1-2H3,(H,9,10). The van der Waals surface area contributed by atoms with Crippen LogP contribution >= 0.6 is 0 Å². The normalized spacial score (nSPS) is 25.4. The summed E-state index contributed by atoms with van der Waals surface area (Å²) >= 11 is 0. The molecular formula is C8H15NO2. The first-order chi connectivity index (χ1) is 5.20. The Morgan fingerprint density at radius 1 is 1.73 bits per heavy atom. The van der Waals surface area contributed by atoms with Gasteiger partial charge in [0.25, 0.3) is 0 Å². The van der Waals surface area contributed by atoms with E-state index in [1.165, 1.54) is 0 Å². The Balaban J connectivity index is 2.36. The Morgan fingerprint density at radius 2 is 2.45 bits per heavy atom. The van der Waals surface area contributed by atoms with Crippen LogP contribution < -0.4 is 5.32 Å². The van der Waals surface area contributed by atoms with Crippen LogP contribution in [0.25, 0.3) is 0 Å². The minimum absolute atomic E-state index is 0.0463. The third kappa shape index (κ3) is 2.50. The Hall–Kier alpha value is -0.570. The van der Waals surface area contributed by atoms with Crippen LogP contribution in [0, 0.1) is 5.92 Å². The molecule has 0 spiro atoms. The predicted octanol–water partition coefficient (Wildman–Crippen LogP) is 0.547. The highest BCUT2D eigenvalue weighted by atomic mass is 16.5. The fraction of sp³-hybridized carbons (Fsp3) is 0.875. The lowest BCUT2D eigenvalue weighted by molar-refractivity contribution is -0.138. The van der Waals surface area contributed by atoms with E-state index in [1.54, 1.807) is 0 Å². The highest BCUT2D eigenvalue weighted by molar-refractivity contribution is 5.81. The van der Waals surface area contributed by atoms with Crippen molar-refractivity contribution in [3.8, 4) is 0 Å². The molecule has 1 aliphatic heterocycles. The van der Waals surface area contributed by atoms with Crippen molar-refractivity contribution >= 4 is 5.91 Å². The number of nitrogens with one attached hydrogen (secondary N) is 1. The minimum atomic E-state index is -0.205. The molecule has 0 aromatic rings. The van der Waals surface area contributed by atoms with Crippen LogP contribution in [0.2, 0.25) is 0 Å². The molecule has 0 saturated carbocycles. The summed E-state index contributed by atoms with van der Waals surface area (Å²) in [5.41, 5.74) is 0. The topological polar surface area (TPSA) is 38.3 Å². The molecule has 3 nitrogen and oxygen atoms in total. The zero-order chi connectivity index (χ0) is 8.27. The largest absolute Gasteiger partial charge is 0.367 e. The Labute approximate surface area is 67.1 Å². The molecule has 0 aromatic heterocycles. The van der Waals surface area contributed by atoms with E-state index in [-0.39, 0.29) is 12.0 Å². The molecule has 1 amide bonds. The molecule has 11 heavy (non-hydrogen) atoms.